The highest BCUT2D eigenvalue weighted by atomic mass is 16.3. The third kappa shape index (κ3) is 2.84. The summed E-state index contributed by atoms with van der Waals surface area (Å²) in [6.07, 6.45) is 3.92. The van der Waals surface area contributed by atoms with Crippen molar-refractivity contribution >= 4 is 0 Å². The van der Waals surface area contributed by atoms with Gasteiger partial charge in [0.2, 0.25) is 0 Å². The van der Waals surface area contributed by atoms with E-state index in [4.69, 9.17) is 0 Å². The van der Waals surface area contributed by atoms with Crippen molar-refractivity contribution in [3.05, 3.63) is 29.8 Å². The first-order chi connectivity index (χ1) is 9.60. The zero-order valence-electron chi connectivity index (χ0n) is 12.6. The molecule has 2 atom stereocenters. The molecule has 1 saturated heterocycles. The Balaban J connectivity index is 1.73. The standard InChI is InChI=1S/C17H26N2O/c1-3-15-10-18-17(2,14-7-8-14)12-19(15)11-13-5-4-6-16(20)9-13/h4-6,9,14-15,18,20H,3,7-8,10-12H2,1-2H3. The molecule has 0 spiro atoms. The maximum Gasteiger partial charge on any atom is 0.115 e. The van der Waals surface area contributed by atoms with Crippen LogP contribution in [-0.2, 0) is 6.54 Å². The molecule has 3 heteroatoms. The number of aromatic hydroxyl groups is 1. The number of rotatable bonds is 4. The number of hydrogen-bond donors (Lipinski definition) is 2. The summed E-state index contributed by atoms with van der Waals surface area (Å²) in [5.74, 6) is 1.22. The molecule has 1 heterocycles. The van der Waals surface area contributed by atoms with Crippen LogP contribution in [0.25, 0.3) is 0 Å². The van der Waals surface area contributed by atoms with Gasteiger partial charge in [-0.3, -0.25) is 4.90 Å². The van der Waals surface area contributed by atoms with Crippen LogP contribution >= 0.6 is 0 Å². The second kappa shape index (κ2) is 5.38. The molecule has 2 unspecified atom stereocenters. The molecule has 0 radical (unpaired) electrons. The van der Waals surface area contributed by atoms with Gasteiger partial charge in [0, 0.05) is 31.2 Å². The van der Waals surface area contributed by atoms with E-state index in [9.17, 15) is 5.11 Å². The van der Waals surface area contributed by atoms with Crippen LogP contribution in [0.2, 0.25) is 0 Å². The van der Waals surface area contributed by atoms with Gasteiger partial charge in [-0.2, -0.15) is 0 Å². The molecule has 1 saturated carbocycles. The number of phenols is 1. The van der Waals surface area contributed by atoms with E-state index in [1.807, 2.05) is 12.1 Å². The minimum Gasteiger partial charge on any atom is -0.508 e. The molecule has 2 N–H and O–H groups in total. The molecule has 1 aromatic rings. The van der Waals surface area contributed by atoms with Crippen LogP contribution in [0.4, 0.5) is 0 Å². The largest absolute Gasteiger partial charge is 0.508 e. The lowest BCUT2D eigenvalue weighted by Gasteiger charge is -2.46. The van der Waals surface area contributed by atoms with E-state index < -0.39 is 0 Å². The summed E-state index contributed by atoms with van der Waals surface area (Å²) in [6.45, 7) is 7.79. The van der Waals surface area contributed by atoms with Crippen molar-refractivity contribution in [2.24, 2.45) is 5.92 Å². The number of phenolic OH excluding ortho intramolecular Hbond substituents is 1. The van der Waals surface area contributed by atoms with Gasteiger partial charge >= 0.3 is 0 Å². The Bertz CT molecular complexity index is 472. The van der Waals surface area contributed by atoms with Crippen LogP contribution in [0, 0.1) is 5.92 Å². The Kier molecular flexibility index (Phi) is 3.74. The number of nitrogens with one attached hydrogen (secondary N) is 1. The molecule has 1 aliphatic carbocycles. The third-order valence-electron chi connectivity index (χ3n) is 5.04. The fourth-order valence-electron chi connectivity index (χ4n) is 3.56. The molecule has 3 nitrogen and oxygen atoms in total. The van der Waals surface area contributed by atoms with Crippen LogP contribution in [0.15, 0.2) is 24.3 Å². The van der Waals surface area contributed by atoms with Crippen LogP contribution in [0.5, 0.6) is 5.75 Å². The minimum absolute atomic E-state index is 0.280. The molecule has 0 bridgehead atoms. The van der Waals surface area contributed by atoms with Gasteiger partial charge in [-0.1, -0.05) is 19.1 Å². The quantitative estimate of drug-likeness (QED) is 0.886. The molecule has 1 aromatic carbocycles. The minimum atomic E-state index is 0.280. The first-order valence-corrected chi connectivity index (χ1v) is 7.88. The van der Waals surface area contributed by atoms with Gasteiger partial charge in [0.15, 0.2) is 0 Å². The van der Waals surface area contributed by atoms with E-state index in [0.29, 0.717) is 11.8 Å². The van der Waals surface area contributed by atoms with E-state index in [1.54, 1.807) is 6.07 Å². The molecular formula is C17H26N2O. The Hall–Kier alpha value is -1.06. The topological polar surface area (TPSA) is 35.5 Å². The molecule has 20 heavy (non-hydrogen) atoms. The first kappa shape index (κ1) is 13.9. The average Bonchev–Trinajstić information content (AvgIpc) is 3.24. The second-order valence-electron chi connectivity index (χ2n) is 6.71. The highest BCUT2D eigenvalue weighted by Gasteiger charge is 2.45. The van der Waals surface area contributed by atoms with Crippen LogP contribution in [0.3, 0.4) is 0 Å². The number of nitrogens with zero attached hydrogens (tertiary/aromatic N) is 1. The fraction of sp³-hybridized carbons (Fsp3) is 0.647. The molecule has 1 aliphatic heterocycles. The van der Waals surface area contributed by atoms with Gasteiger partial charge in [0.05, 0.1) is 0 Å². The van der Waals surface area contributed by atoms with Gasteiger partial charge in [0.25, 0.3) is 0 Å². The van der Waals surface area contributed by atoms with Crippen LogP contribution in [0.1, 0.15) is 38.7 Å². The lowest BCUT2D eigenvalue weighted by Crippen LogP contribution is -2.63. The Morgan fingerprint density at radius 2 is 2.20 bits per heavy atom. The van der Waals surface area contributed by atoms with Crippen LogP contribution < -0.4 is 5.32 Å². The molecule has 110 valence electrons. The van der Waals surface area contributed by atoms with E-state index in [0.717, 1.165) is 25.6 Å². The summed E-state index contributed by atoms with van der Waals surface area (Å²) in [6, 6.07) is 8.29. The van der Waals surface area contributed by atoms with Gasteiger partial charge in [-0.25, -0.2) is 0 Å². The average molecular weight is 274 g/mol. The van der Waals surface area contributed by atoms with Crippen molar-refractivity contribution in [1.82, 2.24) is 10.2 Å². The van der Waals surface area contributed by atoms with Crippen LogP contribution in [-0.4, -0.2) is 34.7 Å². The van der Waals surface area contributed by atoms with Gasteiger partial charge in [-0.05, 0) is 49.8 Å². The maximum atomic E-state index is 9.64. The van der Waals surface area contributed by atoms with Gasteiger partial charge in [-0.15, -0.1) is 0 Å². The number of piperazine rings is 1. The lowest BCUT2D eigenvalue weighted by atomic mass is 9.90. The fourth-order valence-corrected chi connectivity index (χ4v) is 3.56. The Morgan fingerprint density at radius 3 is 2.85 bits per heavy atom. The summed E-state index contributed by atoms with van der Waals surface area (Å²) in [4.78, 5) is 2.60. The maximum absolute atomic E-state index is 9.64. The lowest BCUT2D eigenvalue weighted by molar-refractivity contribution is 0.0665. The monoisotopic (exact) mass is 274 g/mol. The molecule has 3 rings (SSSR count). The summed E-state index contributed by atoms with van der Waals surface area (Å²) in [5, 5.41) is 13.4. The van der Waals surface area contributed by atoms with Crippen molar-refractivity contribution in [1.29, 1.82) is 0 Å². The van der Waals surface area contributed by atoms with E-state index in [2.05, 4.69) is 30.1 Å². The predicted octanol–water partition coefficient (Wildman–Crippen LogP) is 2.74. The Morgan fingerprint density at radius 1 is 1.40 bits per heavy atom. The summed E-state index contributed by atoms with van der Waals surface area (Å²) in [5.41, 5.74) is 1.49. The Labute approximate surface area is 122 Å². The first-order valence-electron chi connectivity index (χ1n) is 7.88. The molecule has 0 amide bonds. The van der Waals surface area contributed by atoms with Crippen molar-refractivity contribution < 1.29 is 5.11 Å². The van der Waals surface area contributed by atoms with E-state index in [1.165, 1.54) is 24.8 Å². The van der Waals surface area contributed by atoms with E-state index in [-0.39, 0.29) is 5.54 Å². The summed E-state index contributed by atoms with van der Waals surface area (Å²) in [7, 11) is 0. The zero-order chi connectivity index (χ0) is 14.2. The third-order valence-corrected chi connectivity index (χ3v) is 5.04. The molecular weight excluding hydrogens is 248 g/mol. The highest BCUT2D eigenvalue weighted by molar-refractivity contribution is 5.27. The molecule has 2 fully saturated rings. The SMILES string of the molecule is CCC1CNC(C)(C2CC2)CN1Cc1cccc(O)c1. The zero-order valence-corrected chi connectivity index (χ0v) is 12.6. The normalized spacial score (nSPS) is 31.4. The van der Waals surface area contributed by atoms with Crippen molar-refractivity contribution in [2.75, 3.05) is 13.1 Å². The smallest absolute Gasteiger partial charge is 0.115 e. The number of hydrogen-bond acceptors (Lipinski definition) is 3. The van der Waals surface area contributed by atoms with Gasteiger partial charge < -0.3 is 10.4 Å². The predicted molar refractivity (Wildman–Crippen MR) is 81.7 cm³/mol. The molecule has 0 aromatic heterocycles. The second-order valence-corrected chi connectivity index (χ2v) is 6.71. The van der Waals surface area contributed by atoms with Gasteiger partial charge in [0.1, 0.15) is 5.75 Å². The molecule has 2 aliphatic rings. The van der Waals surface area contributed by atoms with Crippen molar-refractivity contribution in [2.45, 2.75) is 51.2 Å². The van der Waals surface area contributed by atoms with Crippen molar-refractivity contribution in [3.63, 3.8) is 0 Å². The summed E-state index contributed by atoms with van der Waals surface area (Å²) >= 11 is 0. The van der Waals surface area contributed by atoms with E-state index >= 15 is 0 Å². The summed E-state index contributed by atoms with van der Waals surface area (Å²) < 4.78 is 0. The highest BCUT2D eigenvalue weighted by Crippen LogP contribution is 2.41. The van der Waals surface area contributed by atoms with Crippen molar-refractivity contribution in [3.8, 4) is 5.75 Å². The number of benzene rings is 1.